The Morgan fingerprint density at radius 3 is 2.58 bits per heavy atom. The molecule has 0 bridgehead atoms. The van der Waals surface area contributed by atoms with Gasteiger partial charge in [-0.25, -0.2) is 17.2 Å². The van der Waals surface area contributed by atoms with Crippen LogP contribution in [-0.2, 0) is 9.84 Å². The summed E-state index contributed by atoms with van der Waals surface area (Å²) in [4.78, 5) is 18.5. The largest absolute Gasteiger partial charge is 0.338 e. The molecule has 1 fully saturated rings. The molecule has 138 valence electrons. The normalized spacial score (nSPS) is 18.0. The van der Waals surface area contributed by atoms with Crippen LogP contribution in [0.25, 0.3) is 0 Å². The van der Waals surface area contributed by atoms with Crippen LogP contribution in [-0.4, -0.2) is 43.6 Å². The van der Waals surface area contributed by atoms with Gasteiger partial charge in [0.2, 0.25) is 0 Å². The van der Waals surface area contributed by atoms with Gasteiger partial charge < -0.3 is 4.90 Å². The highest BCUT2D eigenvalue weighted by Crippen LogP contribution is 2.30. The summed E-state index contributed by atoms with van der Waals surface area (Å²) in [5, 5.41) is 0. The van der Waals surface area contributed by atoms with E-state index in [-0.39, 0.29) is 22.9 Å². The second-order valence-corrected chi connectivity index (χ2v) is 8.39. The number of amides is 1. The van der Waals surface area contributed by atoms with E-state index in [0.717, 1.165) is 18.4 Å². The summed E-state index contributed by atoms with van der Waals surface area (Å²) in [5.41, 5.74) is 0.366. The maximum Gasteiger partial charge on any atom is 0.254 e. The van der Waals surface area contributed by atoms with E-state index in [0.29, 0.717) is 31.1 Å². The molecule has 1 saturated heterocycles. The Labute approximate surface area is 150 Å². The molecule has 0 unspecified atom stereocenters. The number of carbonyl (C=O) groups is 1. The molecule has 1 aromatic carbocycles. The van der Waals surface area contributed by atoms with Crippen LogP contribution in [0, 0.1) is 11.6 Å². The van der Waals surface area contributed by atoms with Crippen molar-refractivity contribution < 1.29 is 22.0 Å². The van der Waals surface area contributed by atoms with Crippen LogP contribution in [0.3, 0.4) is 0 Å². The van der Waals surface area contributed by atoms with Gasteiger partial charge in [-0.2, -0.15) is 0 Å². The number of hydrogen-bond acceptors (Lipinski definition) is 4. The van der Waals surface area contributed by atoms with E-state index in [1.165, 1.54) is 17.2 Å². The highest BCUT2D eigenvalue weighted by Gasteiger charge is 2.29. The summed E-state index contributed by atoms with van der Waals surface area (Å²) in [6.07, 6.45) is 3.97. The minimum atomic E-state index is -3.45. The van der Waals surface area contributed by atoms with Gasteiger partial charge in [-0.05, 0) is 37.1 Å². The molecule has 1 aromatic heterocycles. The van der Waals surface area contributed by atoms with Gasteiger partial charge in [-0.3, -0.25) is 9.78 Å². The van der Waals surface area contributed by atoms with Gasteiger partial charge in [0, 0.05) is 43.1 Å². The van der Waals surface area contributed by atoms with Crippen LogP contribution in [0.1, 0.15) is 34.8 Å². The predicted octanol–water partition coefficient (Wildman–Crippen LogP) is 2.78. The molecule has 1 aliphatic heterocycles. The molecule has 2 heterocycles. The Hall–Kier alpha value is -2.35. The maximum atomic E-state index is 13.4. The zero-order valence-electron chi connectivity index (χ0n) is 14.2. The molecule has 8 heteroatoms. The molecule has 2 aromatic rings. The molecular weight excluding hydrogens is 362 g/mol. The molecule has 0 aliphatic carbocycles. The number of aromatic nitrogens is 1. The van der Waals surface area contributed by atoms with Crippen molar-refractivity contribution in [2.45, 2.75) is 23.7 Å². The Bertz CT molecular complexity index is 927. The summed E-state index contributed by atoms with van der Waals surface area (Å²) >= 11 is 0. The maximum absolute atomic E-state index is 13.4. The number of likely N-dealkylation sites (tertiary alicyclic amines) is 1. The van der Waals surface area contributed by atoms with E-state index in [1.54, 1.807) is 6.07 Å². The van der Waals surface area contributed by atoms with Crippen molar-refractivity contribution in [1.82, 2.24) is 9.88 Å². The van der Waals surface area contributed by atoms with Crippen molar-refractivity contribution in [1.29, 1.82) is 0 Å². The first-order chi connectivity index (χ1) is 12.3. The number of pyridine rings is 1. The summed E-state index contributed by atoms with van der Waals surface area (Å²) in [6.45, 7) is 0.686. The second-order valence-electron chi connectivity index (χ2n) is 6.41. The Kier molecular flexibility index (Phi) is 5.04. The number of sulfone groups is 1. The zero-order valence-corrected chi connectivity index (χ0v) is 15.0. The second kappa shape index (κ2) is 7.11. The lowest BCUT2D eigenvalue weighted by molar-refractivity contribution is 0.0704. The van der Waals surface area contributed by atoms with Crippen LogP contribution >= 0.6 is 0 Å². The lowest BCUT2D eigenvalue weighted by Crippen LogP contribution is -2.39. The first-order valence-electron chi connectivity index (χ1n) is 8.16. The van der Waals surface area contributed by atoms with Crippen LogP contribution in [0.2, 0.25) is 0 Å². The number of carbonyl (C=O) groups excluding carboxylic acids is 1. The number of hydrogen-bond donors (Lipinski definition) is 0. The fourth-order valence-corrected chi connectivity index (χ4v) is 4.19. The summed E-state index contributed by atoms with van der Waals surface area (Å²) in [6, 6.07) is 5.76. The van der Waals surface area contributed by atoms with Gasteiger partial charge in [0.15, 0.2) is 9.84 Å². The summed E-state index contributed by atoms with van der Waals surface area (Å²) < 4.78 is 50.8. The number of rotatable bonds is 3. The van der Waals surface area contributed by atoms with E-state index < -0.39 is 27.4 Å². The molecule has 0 spiro atoms. The molecule has 0 radical (unpaired) electrons. The minimum absolute atomic E-state index is 0.0625. The molecule has 26 heavy (non-hydrogen) atoms. The van der Waals surface area contributed by atoms with Gasteiger partial charge in [0.05, 0.1) is 10.6 Å². The quantitative estimate of drug-likeness (QED) is 0.821. The van der Waals surface area contributed by atoms with Crippen molar-refractivity contribution in [2.24, 2.45) is 0 Å². The molecule has 1 aliphatic rings. The van der Waals surface area contributed by atoms with E-state index in [2.05, 4.69) is 4.98 Å². The van der Waals surface area contributed by atoms with Crippen LogP contribution in [0.4, 0.5) is 8.78 Å². The third-order valence-corrected chi connectivity index (χ3v) is 5.55. The van der Waals surface area contributed by atoms with Crippen molar-refractivity contribution in [2.75, 3.05) is 19.3 Å². The first-order valence-corrected chi connectivity index (χ1v) is 10.0. The van der Waals surface area contributed by atoms with Crippen LogP contribution in [0.5, 0.6) is 0 Å². The van der Waals surface area contributed by atoms with Crippen molar-refractivity contribution in [3.05, 3.63) is 59.4 Å². The third kappa shape index (κ3) is 3.90. The topological polar surface area (TPSA) is 67.3 Å². The van der Waals surface area contributed by atoms with Crippen molar-refractivity contribution in [3.63, 3.8) is 0 Å². The van der Waals surface area contributed by atoms with Crippen LogP contribution < -0.4 is 0 Å². The fourth-order valence-electron chi connectivity index (χ4n) is 3.27. The number of piperidine rings is 1. The molecule has 1 amide bonds. The zero-order chi connectivity index (χ0) is 18.9. The van der Waals surface area contributed by atoms with Crippen molar-refractivity contribution >= 4 is 15.7 Å². The van der Waals surface area contributed by atoms with Gasteiger partial charge in [-0.1, -0.05) is 0 Å². The highest BCUT2D eigenvalue weighted by molar-refractivity contribution is 7.90. The number of benzene rings is 1. The highest BCUT2D eigenvalue weighted by atomic mass is 32.2. The Morgan fingerprint density at radius 1 is 1.23 bits per heavy atom. The molecule has 0 saturated carbocycles. The SMILES string of the molecule is CS(=O)(=O)c1cccnc1[C@@H]1CCCN(C(=O)c2cc(F)cc(F)c2)C1. The van der Waals surface area contributed by atoms with E-state index >= 15 is 0 Å². The lowest BCUT2D eigenvalue weighted by atomic mass is 9.93. The van der Waals surface area contributed by atoms with Crippen molar-refractivity contribution in [3.8, 4) is 0 Å². The Morgan fingerprint density at radius 2 is 1.92 bits per heavy atom. The lowest BCUT2D eigenvalue weighted by Gasteiger charge is -2.33. The number of halogens is 2. The van der Waals surface area contributed by atoms with Gasteiger partial charge in [0.1, 0.15) is 11.6 Å². The molecular formula is C18H18F2N2O3S. The summed E-state index contributed by atoms with van der Waals surface area (Å²) in [7, 11) is -3.45. The molecule has 5 nitrogen and oxygen atoms in total. The van der Waals surface area contributed by atoms with Crippen LogP contribution in [0.15, 0.2) is 41.4 Å². The van der Waals surface area contributed by atoms with Gasteiger partial charge in [-0.15, -0.1) is 0 Å². The smallest absolute Gasteiger partial charge is 0.254 e. The monoisotopic (exact) mass is 380 g/mol. The first kappa shape index (κ1) is 18.4. The fraction of sp³-hybridized carbons (Fsp3) is 0.333. The molecule has 1 atom stereocenters. The number of nitrogens with zero attached hydrogens (tertiary/aromatic N) is 2. The summed E-state index contributed by atoms with van der Waals surface area (Å²) in [5.74, 6) is -2.36. The standard InChI is InChI=1S/C18H18F2N2O3S/c1-26(24,25)16-5-2-6-21-17(16)12-4-3-7-22(11-12)18(23)13-8-14(19)10-15(20)9-13/h2,5-6,8-10,12H,3-4,7,11H2,1H3/t12-/m1/s1. The molecule has 0 N–H and O–H groups in total. The average Bonchev–Trinajstić information content (AvgIpc) is 2.59. The van der Waals surface area contributed by atoms with E-state index in [4.69, 9.17) is 0 Å². The Balaban J connectivity index is 1.88. The van der Waals surface area contributed by atoms with Gasteiger partial charge in [0.25, 0.3) is 5.91 Å². The van der Waals surface area contributed by atoms with E-state index in [9.17, 15) is 22.0 Å². The minimum Gasteiger partial charge on any atom is -0.338 e. The van der Waals surface area contributed by atoms with Gasteiger partial charge >= 0.3 is 0 Å². The third-order valence-electron chi connectivity index (χ3n) is 4.40. The molecule has 3 rings (SSSR count). The average molecular weight is 380 g/mol. The van der Waals surface area contributed by atoms with E-state index in [1.807, 2.05) is 0 Å². The predicted molar refractivity (Wildman–Crippen MR) is 91.6 cm³/mol.